The van der Waals surface area contributed by atoms with E-state index < -0.39 is 36.6 Å². The third-order valence-electron chi connectivity index (χ3n) is 8.39. The van der Waals surface area contributed by atoms with Crippen LogP contribution in [0.25, 0.3) is 0 Å². The molecule has 3 heterocycles. The number of halogens is 1. The average molecular weight is 746 g/mol. The lowest BCUT2D eigenvalue weighted by molar-refractivity contribution is 0.0130. The summed E-state index contributed by atoms with van der Waals surface area (Å²) in [6, 6.07) is 7.85. The predicted molar refractivity (Wildman–Crippen MR) is 188 cm³/mol. The number of sulfonamides is 2. The molecule has 2 unspecified atom stereocenters. The highest BCUT2D eigenvalue weighted by molar-refractivity contribution is 7.89. The smallest absolute Gasteiger partial charge is 0.410 e. The van der Waals surface area contributed by atoms with Gasteiger partial charge in [0, 0.05) is 24.8 Å². The van der Waals surface area contributed by atoms with E-state index in [0.717, 1.165) is 43.7 Å². The van der Waals surface area contributed by atoms with Crippen molar-refractivity contribution in [2.75, 3.05) is 19.8 Å². The van der Waals surface area contributed by atoms with Crippen LogP contribution >= 0.6 is 0 Å². The van der Waals surface area contributed by atoms with Gasteiger partial charge in [-0.1, -0.05) is 26.0 Å². The summed E-state index contributed by atoms with van der Waals surface area (Å²) in [4.78, 5) is 21.2. The van der Waals surface area contributed by atoms with Crippen molar-refractivity contribution in [3.63, 3.8) is 0 Å². The first kappa shape index (κ1) is 43.2. The predicted octanol–water partition coefficient (Wildman–Crippen LogP) is 5.38. The van der Waals surface area contributed by atoms with Gasteiger partial charge in [-0.25, -0.2) is 41.9 Å². The molecule has 4 rings (SSSR count). The Morgan fingerprint density at radius 1 is 0.940 bits per heavy atom. The number of carbonyl (C=O) groups is 1. The molecule has 13 nitrogen and oxygen atoms in total. The van der Waals surface area contributed by atoms with E-state index >= 15 is 0 Å². The number of primary sulfonamides is 2. The number of carbonyl (C=O) groups excluding carboxylic acids is 1. The molecule has 0 bridgehead atoms. The van der Waals surface area contributed by atoms with Gasteiger partial charge in [0.05, 0.1) is 6.61 Å². The molecule has 5 N–H and O–H groups in total. The van der Waals surface area contributed by atoms with Gasteiger partial charge in [0.2, 0.25) is 11.8 Å². The van der Waals surface area contributed by atoms with Crippen LogP contribution in [-0.4, -0.2) is 73.8 Å². The second-order valence-electron chi connectivity index (χ2n) is 15.3. The van der Waals surface area contributed by atoms with E-state index in [0.29, 0.717) is 31.1 Å². The van der Waals surface area contributed by atoms with E-state index in [9.17, 15) is 26.0 Å². The Balaban J connectivity index is 0.000000320. The monoisotopic (exact) mass is 745 g/mol. The zero-order chi connectivity index (χ0) is 38.0. The van der Waals surface area contributed by atoms with Gasteiger partial charge in [-0.05, 0) is 121 Å². The minimum absolute atomic E-state index is 0.212. The van der Waals surface area contributed by atoms with E-state index in [1.165, 1.54) is 37.8 Å². The minimum Gasteiger partial charge on any atom is -0.478 e. The largest absolute Gasteiger partial charge is 0.478 e. The van der Waals surface area contributed by atoms with Crippen LogP contribution in [0.3, 0.4) is 0 Å². The highest BCUT2D eigenvalue weighted by Gasteiger charge is 2.42. The van der Waals surface area contributed by atoms with Gasteiger partial charge < -0.3 is 19.5 Å². The molecular formula is C34H56FN5O8S2. The maximum atomic E-state index is 12.5. The van der Waals surface area contributed by atoms with Crippen LogP contribution in [0.2, 0.25) is 0 Å². The molecular weight excluding hydrogens is 690 g/mol. The fourth-order valence-electron chi connectivity index (χ4n) is 6.16. The average Bonchev–Trinajstić information content (AvgIpc) is 3.49. The molecule has 0 aromatic carbocycles. The summed E-state index contributed by atoms with van der Waals surface area (Å²) in [6.45, 7) is 15.8. The highest BCUT2D eigenvalue weighted by atomic mass is 32.2. The molecule has 284 valence electrons. The molecule has 1 saturated carbocycles. The number of aliphatic hydroxyl groups excluding tert-OH is 1. The normalized spacial score (nSPS) is 19.9. The lowest BCUT2D eigenvalue weighted by Crippen LogP contribution is -2.45. The van der Waals surface area contributed by atoms with Gasteiger partial charge in [0.1, 0.15) is 5.60 Å². The summed E-state index contributed by atoms with van der Waals surface area (Å²) in [5, 5.41) is 17.7. The van der Waals surface area contributed by atoms with E-state index in [2.05, 4.69) is 42.8 Å². The lowest BCUT2D eigenvalue weighted by Gasteiger charge is -2.33. The van der Waals surface area contributed by atoms with Crippen LogP contribution in [0, 0.1) is 23.2 Å². The summed E-state index contributed by atoms with van der Waals surface area (Å²) in [5.74, 6) is 0.622. The number of hydrogen-bond donors (Lipinski definition) is 3. The van der Waals surface area contributed by atoms with Crippen molar-refractivity contribution in [1.29, 1.82) is 0 Å². The molecule has 2 aliphatic rings. The van der Waals surface area contributed by atoms with Crippen LogP contribution in [-0.2, 0) is 24.8 Å². The zero-order valence-electron chi connectivity index (χ0n) is 30.4. The number of nitrogens with zero attached hydrogens (tertiary/aromatic N) is 3. The van der Waals surface area contributed by atoms with Crippen molar-refractivity contribution in [2.24, 2.45) is 27.5 Å². The number of aliphatic hydroxyl groups is 1. The molecule has 0 radical (unpaired) electrons. The number of pyridine rings is 2. The quantitative estimate of drug-likeness (QED) is 0.209. The molecule has 2 atom stereocenters. The van der Waals surface area contributed by atoms with Gasteiger partial charge in [-0.15, -0.1) is 0 Å². The molecule has 2 aromatic heterocycles. The van der Waals surface area contributed by atoms with Gasteiger partial charge in [-0.3, -0.25) is 0 Å². The number of rotatable bonds is 10. The summed E-state index contributed by atoms with van der Waals surface area (Å²) < 4.78 is 67.1. The number of amides is 1. The number of likely N-dealkylation sites (tertiary alicyclic amines) is 1. The first-order valence-corrected chi connectivity index (χ1v) is 19.9. The highest BCUT2D eigenvalue weighted by Crippen LogP contribution is 2.42. The summed E-state index contributed by atoms with van der Waals surface area (Å²) in [6.07, 6.45) is 8.64. The van der Waals surface area contributed by atoms with Crippen molar-refractivity contribution >= 4 is 26.1 Å². The molecule has 0 spiro atoms. The van der Waals surface area contributed by atoms with Crippen LogP contribution in [0.4, 0.5) is 9.18 Å². The number of nitrogens with two attached hydrogens (primary N) is 2. The van der Waals surface area contributed by atoms with Crippen molar-refractivity contribution in [2.45, 2.75) is 121 Å². The van der Waals surface area contributed by atoms with Crippen LogP contribution < -0.4 is 15.0 Å². The van der Waals surface area contributed by atoms with Crippen LogP contribution in [0.1, 0.15) is 99.8 Å². The lowest BCUT2D eigenvalue weighted by atomic mass is 9.89. The van der Waals surface area contributed by atoms with Gasteiger partial charge >= 0.3 is 6.09 Å². The Labute approximate surface area is 297 Å². The Bertz CT molecular complexity index is 1620. The Morgan fingerprint density at radius 2 is 1.52 bits per heavy atom. The molecule has 1 aliphatic carbocycles. The topological polar surface area (TPSA) is 205 Å². The fourth-order valence-corrected chi connectivity index (χ4v) is 7.13. The Hall–Kier alpha value is -2.92. The first-order valence-electron chi connectivity index (χ1n) is 16.8. The van der Waals surface area contributed by atoms with Gasteiger partial charge in [0.25, 0.3) is 20.0 Å². The summed E-state index contributed by atoms with van der Waals surface area (Å²) >= 11 is 0. The van der Waals surface area contributed by atoms with E-state index in [4.69, 9.17) is 19.7 Å². The van der Waals surface area contributed by atoms with Crippen molar-refractivity contribution < 1.29 is 40.6 Å². The molecule has 2 aromatic rings. The number of ether oxygens (including phenoxy) is 2. The molecule has 50 heavy (non-hydrogen) atoms. The zero-order valence-corrected chi connectivity index (χ0v) is 32.0. The number of aromatic nitrogens is 2. The van der Waals surface area contributed by atoms with Crippen molar-refractivity contribution in [3.8, 4) is 5.88 Å². The maximum Gasteiger partial charge on any atom is 0.410 e. The Morgan fingerprint density at radius 3 is 2.02 bits per heavy atom. The van der Waals surface area contributed by atoms with Crippen LogP contribution in [0.5, 0.6) is 5.88 Å². The molecule has 1 amide bonds. The molecule has 16 heteroatoms. The fraction of sp³-hybridized carbons (Fsp3) is 0.676. The minimum atomic E-state index is -3.88. The third kappa shape index (κ3) is 15.5. The number of hydrogen-bond acceptors (Lipinski definition) is 10. The first-order chi connectivity index (χ1) is 22.9. The van der Waals surface area contributed by atoms with E-state index in [1.807, 2.05) is 20.8 Å². The molecule has 1 aliphatic heterocycles. The Kier molecular flexibility index (Phi) is 15.6. The summed E-state index contributed by atoms with van der Waals surface area (Å²) in [7, 11) is -7.73. The second kappa shape index (κ2) is 18.0. The van der Waals surface area contributed by atoms with Crippen LogP contribution in [0.15, 0.2) is 46.5 Å². The summed E-state index contributed by atoms with van der Waals surface area (Å²) in [5.41, 5.74) is -0.184. The maximum absolute atomic E-state index is 12.5. The van der Waals surface area contributed by atoms with Crippen molar-refractivity contribution in [1.82, 2.24) is 14.9 Å². The molecule has 2 fully saturated rings. The van der Waals surface area contributed by atoms with Gasteiger partial charge in [-0.2, -0.15) is 4.39 Å². The van der Waals surface area contributed by atoms with Gasteiger partial charge in [0.15, 0.2) is 10.1 Å². The third-order valence-corrected chi connectivity index (χ3v) is 10.0. The van der Waals surface area contributed by atoms with E-state index in [1.54, 1.807) is 17.0 Å². The van der Waals surface area contributed by atoms with E-state index in [-0.39, 0.29) is 22.5 Å². The second-order valence-corrected chi connectivity index (χ2v) is 18.3. The SMILES string of the molecule is CC(C)(C)OC(=O)N1CC(CCCOc2cccc(S(N)(=O)=O)n2)CC1(C)C.CC1(C)CCC(CCCO)C1.NS(=O)(=O)c1cccc(F)n1. The standard InChI is InChI=1S/C19H31N3O5S.C10H20O.C5H5FN2O2S/c1-18(2,3)27-17(23)22-13-14(12-19(22,4)5)8-7-11-26-15-9-6-10-16(21-15)28(20,24)25;1-10(2)6-5-9(8-10)4-3-7-11;6-4-2-1-3-5(8-4)11(7,9)10/h6,9-10,14H,7-8,11-13H2,1-5H3,(H2,20,24,25);9,11H,3-8H2,1-2H3;1-3H,(H2,7,9,10). The molecule has 1 saturated heterocycles. The van der Waals surface area contributed by atoms with Crippen molar-refractivity contribution in [3.05, 3.63) is 42.3 Å².